The van der Waals surface area contributed by atoms with Crippen molar-refractivity contribution in [2.24, 2.45) is 0 Å². The minimum absolute atomic E-state index is 0.0332. The van der Waals surface area contributed by atoms with Gasteiger partial charge in [0.2, 0.25) is 5.91 Å². The zero-order valence-corrected chi connectivity index (χ0v) is 12.8. The molecule has 1 N–H and O–H groups in total. The minimum Gasteiger partial charge on any atom is -0.475 e. The molecule has 22 heavy (non-hydrogen) atoms. The molecule has 2 rings (SSSR count). The maximum absolute atomic E-state index is 12.0. The van der Waals surface area contributed by atoms with Crippen LogP contribution < -0.4 is 10.1 Å². The van der Waals surface area contributed by atoms with Gasteiger partial charge in [-0.2, -0.15) is 0 Å². The Morgan fingerprint density at radius 3 is 2.68 bits per heavy atom. The Morgan fingerprint density at radius 2 is 2.14 bits per heavy atom. The van der Waals surface area contributed by atoms with Crippen molar-refractivity contribution in [2.45, 2.75) is 57.5 Å². The van der Waals surface area contributed by atoms with Gasteiger partial charge >= 0.3 is 11.6 Å². The Labute approximate surface area is 129 Å². The quantitative estimate of drug-likeness (QED) is 0.492. The van der Waals surface area contributed by atoms with E-state index in [4.69, 9.17) is 4.74 Å². The summed E-state index contributed by atoms with van der Waals surface area (Å²) < 4.78 is 6.23. The van der Waals surface area contributed by atoms with E-state index in [1.807, 2.05) is 0 Å². The number of rotatable bonds is 6. The van der Waals surface area contributed by atoms with Crippen molar-refractivity contribution in [1.82, 2.24) is 15.1 Å². The van der Waals surface area contributed by atoms with Gasteiger partial charge in [-0.25, -0.2) is 0 Å². The number of aromatic nitrogens is 2. The number of nitro groups is 1. The molecule has 1 aliphatic rings. The molecule has 1 amide bonds. The first-order chi connectivity index (χ1) is 10.6. The third kappa shape index (κ3) is 4.44. The van der Waals surface area contributed by atoms with E-state index < -0.39 is 4.92 Å². The Bertz CT molecular complexity index is 521. The van der Waals surface area contributed by atoms with E-state index in [-0.39, 0.29) is 29.9 Å². The van der Waals surface area contributed by atoms with Gasteiger partial charge in [-0.1, -0.05) is 25.7 Å². The first-order valence-corrected chi connectivity index (χ1v) is 7.65. The molecule has 0 radical (unpaired) electrons. The molecule has 0 atom stereocenters. The van der Waals surface area contributed by atoms with Crippen molar-refractivity contribution >= 4 is 11.6 Å². The highest BCUT2D eigenvalue weighted by atomic mass is 16.6. The summed E-state index contributed by atoms with van der Waals surface area (Å²) in [6, 6.07) is 0.261. The molecule has 122 valence electrons. The van der Waals surface area contributed by atoms with Gasteiger partial charge in [0.1, 0.15) is 6.20 Å². The average Bonchev–Trinajstić information content (AvgIpc) is 2.75. The maximum atomic E-state index is 12.0. The second-order valence-electron chi connectivity index (χ2n) is 5.55. The predicted molar refractivity (Wildman–Crippen MR) is 79.7 cm³/mol. The normalized spacial score (nSPS) is 16.0. The molecule has 1 heterocycles. The third-order valence-corrected chi connectivity index (χ3v) is 3.89. The molecule has 1 aromatic heterocycles. The number of hydrogen-bond donors (Lipinski definition) is 1. The number of amides is 1. The third-order valence-electron chi connectivity index (χ3n) is 3.89. The molecule has 1 saturated carbocycles. The van der Waals surface area contributed by atoms with Crippen molar-refractivity contribution < 1.29 is 14.5 Å². The molecule has 1 aromatic rings. The molecule has 0 bridgehead atoms. The summed E-state index contributed by atoms with van der Waals surface area (Å²) in [4.78, 5) is 22.2. The van der Waals surface area contributed by atoms with Crippen LogP contribution in [0.1, 0.15) is 44.9 Å². The molecule has 1 fully saturated rings. The van der Waals surface area contributed by atoms with E-state index in [0.29, 0.717) is 6.54 Å². The lowest BCUT2D eigenvalue weighted by molar-refractivity contribution is -0.385. The highest BCUT2D eigenvalue weighted by Crippen LogP contribution is 2.24. The number of hydrogen-bond acceptors (Lipinski definition) is 5. The topological polar surface area (TPSA) is 99.3 Å². The summed E-state index contributed by atoms with van der Waals surface area (Å²) in [5.74, 6) is -0.0711. The second-order valence-corrected chi connectivity index (χ2v) is 5.55. The zero-order valence-electron chi connectivity index (χ0n) is 12.8. The minimum atomic E-state index is -0.548. The lowest BCUT2D eigenvalue weighted by Crippen LogP contribution is -2.34. The Kier molecular flexibility index (Phi) is 5.74. The van der Waals surface area contributed by atoms with Crippen LogP contribution in [0.3, 0.4) is 0 Å². The first-order valence-electron chi connectivity index (χ1n) is 7.65. The van der Waals surface area contributed by atoms with Crippen LogP contribution in [0.25, 0.3) is 0 Å². The Morgan fingerprint density at radius 1 is 1.45 bits per heavy atom. The fraction of sp³-hybridized carbons (Fsp3) is 0.714. The van der Waals surface area contributed by atoms with Crippen molar-refractivity contribution in [3.05, 3.63) is 16.3 Å². The number of carbonyl (C=O) groups excluding carboxylic acids is 1. The van der Waals surface area contributed by atoms with Gasteiger partial charge in [0.25, 0.3) is 0 Å². The van der Waals surface area contributed by atoms with E-state index in [0.717, 1.165) is 25.7 Å². The van der Waals surface area contributed by atoms with Gasteiger partial charge in [0.05, 0.1) is 18.6 Å². The van der Waals surface area contributed by atoms with Gasteiger partial charge in [-0.15, -0.1) is 5.10 Å². The van der Waals surface area contributed by atoms with E-state index in [1.165, 1.54) is 30.8 Å². The van der Waals surface area contributed by atoms with Crippen molar-refractivity contribution in [1.29, 1.82) is 0 Å². The van der Waals surface area contributed by atoms with Crippen molar-refractivity contribution in [2.75, 3.05) is 7.11 Å². The zero-order chi connectivity index (χ0) is 15.9. The van der Waals surface area contributed by atoms with E-state index in [1.54, 1.807) is 0 Å². The summed E-state index contributed by atoms with van der Waals surface area (Å²) in [5.41, 5.74) is -0.188. The summed E-state index contributed by atoms with van der Waals surface area (Å²) in [6.07, 6.45) is 8.41. The van der Waals surface area contributed by atoms with Crippen molar-refractivity contribution in [3.8, 4) is 5.88 Å². The number of ether oxygens (including phenoxy) is 1. The number of nitrogens with one attached hydrogen (secondary N) is 1. The van der Waals surface area contributed by atoms with Crippen LogP contribution in [0.4, 0.5) is 5.69 Å². The van der Waals surface area contributed by atoms with Crippen LogP contribution in [0.2, 0.25) is 0 Å². The number of aryl methyl sites for hydroxylation is 1. The Balaban J connectivity index is 1.84. The summed E-state index contributed by atoms with van der Waals surface area (Å²) in [6.45, 7) is 0.294. The van der Waals surface area contributed by atoms with Crippen LogP contribution >= 0.6 is 0 Å². The lowest BCUT2D eigenvalue weighted by Gasteiger charge is -2.16. The largest absolute Gasteiger partial charge is 0.475 e. The molecule has 1 aliphatic carbocycles. The number of carbonyl (C=O) groups is 1. The smallest absolute Gasteiger partial charge is 0.350 e. The summed E-state index contributed by atoms with van der Waals surface area (Å²) in [5, 5.41) is 17.8. The van der Waals surface area contributed by atoms with Crippen LogP contribution in [-0.2, 0) is 11.3 Å². The fourth-order valence-corrected chi connectivity index (χ4v) is 2.72. The molecule has 0 aromatic carbocycles. The van der Waals surface area contributed by atoms with E-state index in [9.17, 15) is 14.9 Å². The SMILES string of the molecule is COc1nn(CCC(=O)NC2CCCCCC2)cc1[N+](=O)[O-]. The summed E-state index contributed by atoms with van der Waals surface area (Å²) >= 11 is 0. The van der Waals surface area contributed by atoms with Crippen LogP contribution in [0.15, 0.2) is 6.20 Å². The first kappa shape index (κ1) is 16.3. The highest BCUT2D eigenvalue weighted by Gasteiger charge is 2.20. The van der Waals surface area contributed by atoms with Crippen LogP contribution in [0.5, 0.6) is 5.88 Å². The van der Waals surface area contributed by atoms with E-state index in [2.05, 4.69) is 10.4 Å². The molecular weight excluding hydrogens is 288 g/mol. The van der Waals surface area contributed by atoms with Crippen molar-refractivity contribution in [3.63, 3.8) is 0 Å². The Hall–Kier alpha value is -2.12. The summed E-state index contributed by atoms with van der Waals surface area (Å²) in [7, 11) is 1.33. The number of nitrogens with zero attached hydrogens (tertiary/aromatic N) is 3. The second kappa shape index (κ2) is 7.77. The molecule has 0 aliphatic heterocycles. The molecular formula is C14H22N4O4. The molecule has 0 saturated heterocycles. The standard InChI is InChI=1S/C14H22N4O4/c1-22-14-12(18(20)21)10-17(16-14)9-8-13(19)15-11-6-4-2-3-5-7-11/h10-11H,2-9H2,1H3,(H,15,19). The fourth-order valence-electron chi connectivity index (χ4n) is 2.72. The van der Waals surface area contributed by atoms with Crippen LogP contribution in [0, 0.1) is 10.1 Å². The van der Waals surface area contributed by atoms with Gasteiger partial charge in [0, 0.05) is 12.5 Å². The van der Waals surface area contributed by atoms with Gasteiger partial charge in [-0.3, -0.25) is 19.6 Å². The van der Waals surface area contributed by atoms with E-state index >= 15 is 0 Å². The maximum Gasteiger partial charge on any atom is 0.350 e. The van der Waals surface area contributed by atoms with Crippen LogP contribution in [-0.4, -0.2) is 33.8 Å². The lowest BCUT2D eigenvalue weighted by atomic mass is 10.1. The van der Waals surface area contributed by atoms with Gasteiger partial charge in [-0.05, 0) is 12.8 Å². The highest BCUT2D eigenvalue weighted by molar-refractivity contribution is 5.76. The van der Waals surface area contributed by atoms with Gasteiger partial charge < -0.3 is 10.1 Å². The van der Waals surface area contributed by atoms with Gasteiger partial charge in [0.15, 0.2) is 0 Å². The molecule has 8 heteroatoms. The average molecular weight is 310 g/mol. The predicted octanol–water partition coefficient (Wildman–Crippen LogP) is 2.03. The molecule has 0 spiro atoms. The monoisotopic (exact) mass is 310 g/mol. The molecule has 0 unspecified atom stereocenters. The molecule has 8 nitrogen and oxygen atoms in total. The number of methoxy groups -OCH3 is 1.